The molecule has 0 unspecified atom stereocenters. The van der Waals surface area contributed by atoms with Crippen LogP contribution in [-0.2, 0) is 17.9 Å². The number of piperidine rings is 1. The highest BCUT2D eigenvalue weighted by Gasteiger charge is 2.46. The molecule has 1 fully saturated rings. The summed E-state index contributed by atoms with van der Waals surface area (Å²) in [6.45, 7) is 3.15. The molecular weight excluding hydrogens is 425 g/mol. The Labute approximate surface area is 184 Å². The van der Waals surface area contributed by atoms with Gasteiger partial charge in [0.1, 0.15) is 5.54 Å². The van der Waals surface area contributed by atoms with Gasteiger partial charge in [-0.25, -0.2) is 0 Å². The van der Waals surface area contributed by atoms with Gasteiger partial charge < -0.3 is 15.5 Å². The van der Waals surface area contributed by atoms with E-state index in [1.807, 2.05) is 19.1 Å². The molecule has 0 bridgehead atoms. The summed E-state index contributed by atoms with van der Waals surface area (Å²) in [6, 6.07) is 10.2. The van der Waals surface area contributed by atoms with Crippen molar-refractivity contribution < 1.29 is 14.4 Å². The van der Waals surface area contributed by atoms with E-state index in [4.69, 9.17) is 23.2 Å². The molecule has 0 aromatic heterocycles. The van der Waals surface area contributed by atoms with E-state index in [0.717, 1.165) is 17.5 Å². The molecule has 2 aromatic rings. The standard InChI is InChI=1S/C22H21Cl2N3O3/c1-22(7-2-8-25-21(22)30)27-12-15-9-13(3-5-16(15)20(27)29)11-26-19(28)14-4-6-17(23)18(24)10-14/h3-6,9-10H,2,7-8,11-12H2,1H3,(H,25,30)(H,26,28)/t22-/m0/s1. The van der Waals surface area contributed by atoms with E-state index in [0.29, 0.717) is 47.2 Å². The van der Waals surface area contributed by atoms with Gasteiger partial charge in [0, 0.05) is 30.8 Å². The van der Waals surface area contributed by atoms with Crippen molar-refractivity contribution >= 4 is 40.9 Å². The second kappa shape index (κ2) is 7.93. The molecule has 2 N–H and O–H groups in total. The number of amides is 3. The number of carbonyl (C=O) groups is 3. The predicted molar refractivity (Wildman–Crippen MR) is 115 cm³/mol. The largest absolute Gasteiger partial charge is 0.354 e. The molecule has 2 aromatic carbocycles. The molecule has 6 nitrogen and oxygen atoms in total. The number of rotatable bonds is 4. The summed E-state index contributed by atoms with van der Waals surface area (Å²) in [6.07, 6.45) is 1.49. The molecule has 3 amide bonds. The van der Waals surface area contributed by atoms with E-state index in [9.17, 15) is 14.4 Å². The summed E-state index contributed by atoms with van der Waals surface area (Å²) in [7, 11) is 0. The Balaban J connectivity index is 1.47. The van der Waals surface area contributed by atoms with Gasteiger partial charge >= 0.3 is 0 Å². The van der Waals surface area contributed by atoms with Gasteiger partial charge in [0.25, 0.3) is 11.8 Å². The summed E-state index contributed by atoms with van der Waals surface area (Å²) in [5.74, 6) is -0.502. The lowest BCUT2D eigenvalue weighted by Gasteiger charge is -2.40. The Hall–Kier alpha value is -2.57. The van der Waals surface area contributed by atoms with Crippen molar-refractivity contribution in [3.05, 3.63) is 68.7 Å². The molecule has 2 aliphatic rings. The molecule has 8 heteroatoms. The predicted octanol–water partition coefficient (Wildman–Crippen LogP) is 3.55. The van der Waals surface area contributed by atoms with Crippen LogP contribution in [0.2, 0.25) is 10.0 Å². The Kier molecular flexibility index (Phi) is 5.47. The smallest absolute Gasteiger partial charge is 0.255 e. The minimum absolute atomic E-state index is 0.107. The molecule has 0 radical (unpaired) electrons. The SMILES string of the molecule is C[C@]1(N2Cc3cc(CNC(=O)c4ccc(Cl)c(Cl)c4)ccc3C2=O)CCCNC1=O. The maximum atomic E-state index is 12.9. The highest BCUT2D eigenvalue weighted by atomic mass is 35.5. The van der Waals surface area contributed by atoms with Crippen LogP contribution in [-0.4, -0.2) is 34.7 Å². The van der Waals surface area contributed by atoms with Gasteiger partial charge in [-0.05, 0) is 55.2 Å². The molecule has 1 atom stereocenters. The third-order valence-corrected chi connectivity index (χ3v) is 6.56. The van der Waals surface area contributed by atoms with Crippen LogP contribution in [0.4, 0.5) is 0 Å². The first kappa shape index (κ1) is 20.7. The highest BCUT2D eigenvalue weighted by molar-refractivity contribution is 6.42. The van der Waals surface area contributed by atoms with Gasteiger partial charge in [0.15, 0.2) is 0 Å². The van der Waals surface area contributed by atoms with Gasteiger partial charge in [0.05, 0.1) is 10.0 Å². The van der Waals surface area contributed by atoms with E-state index in [2.05, 4.69) is 10.6 Å². The van der Waals surface area contributed by atoms with Gasteiger partial charge in [-0.2, -0.15) is 0 Å². The monoisotopic (exact) mass is 445 g/mol. The minimum atomic E-state index is -0.837. The fourth-order valence-electron chi connectivity index (χ4n) is 4.00. The van der Waals surface area contributed by atoms with Gasteiger partial charge in [-0.1, -0.05) is 35.3 Å². The number of hydrogen-bond acceptors (Lipinski definition) is 3. The summed E-state index contributed by atoms with van der Waals surface area (Å²) >= 11 is 11.9. The number of carbonyl (C=O) groups excluding carboxylic acids is 3. The van der Waals surface area contributed by atoms with Crippen molar-refractivity contribution in [1.29, 1.82) is 0 Å². The fourth-order valence-corrected chi connectivity index (χ4v) is 4.30. The lowest BCUT2D eigenvalue weighted by molar-refractivity contribution is -0.133. The zero-order valence-corrected chi connectivity index (χ0v) is 17.9. The highest BCUT2D eigenvalue weighted by Crippen LogP contribution is 2.34. The first-order valence-corrected chi connectivity index (χ1v) is 10.5. The van der Waals surface area contributed by atoms with Crippen LogP contribution >= 0.6 is 23.2 Å². The quantitative estimate of drug-likeness (QED) is 0.754. The third-order valence-electron chi connectivity index (χ3n) is 5.82. The Morgan fingerprint density at radius 1 is 1.17 bits per heavy atom. The van der Waals surface area contributed by atoms with Crippen molar-refractivity contribution in [2.75, 3.05) is 6.54 Å². The average Bonchev–Trinajstić information content (AvgIpc) is 3.07. The number of nitrogens with one attached hydrogen (secondary N) is 2. The van der Waals surface area contributed by atoms with Gasteiger partial charge in [-0.3, -0.25) is 14.4 Å². The zero-order valence-electron chi connectivity index (χ0n) is 16.4. The van der Waals surface area contributed by atoms with Crippen LogP contribution in [0.15, 0.2) is 36.4 Å². The second-order valence-corrected chi connectivity index (χ2v) is 8.64. The summed E-state index contributed by atoms with van der Waals surface area (Å²) in [5, 5.41) is 6.43. The maximum absolute atomic E-state index is 12.9. The molecule has 2 heterocycles. The molecule has 0 spiro atoms. The third kappa shape index (κ3) is 3.66. The van der Waals surface area contributed by atoms with Crippen LogP contribution in [0.3, 0.4) is 0 Å². The second-order valence-electron chi connectivity index (χ2n) is 7.83. The summed E-state index contributed by atoms with van der Waals surface area (Å²) < 4.78 is 0. The van der Waals surface area contributed by atoms with Crippen LogP contribution in [0.1, 0.15) is 51.6 Å². The average molecular weight is 446 g/mol. The van der Waals surface area contributed by atoms with Crippen molar-refractivity contribution in [3.63, 3.8) is 0 Å². The number of hydrogen-bond donors (Lipinski definition) is 2. The molecule has 0 aliphatic carbocycles. The molecular formula is C22H21Cl2N3O3. The first-order valence-electron chi connectivity index (χ1n) is 9.75. The number of halogens is 2. The van der Waals surface area contributed by atoms with E-state index in [-0.39, 0.29) is 17.7 Å². The van der Waals surface area contributed by atoms with Crippen molar-refractivity contribution in [2.24, 2.45) is 0 Å². The summed E-state index contributed by atoms with van der Waals surface area (Å²) in [5.41, 5.74) is 1.92. The van der Waals surface area contributed by atoms with Crippen molar-refractivity contribution in [2.45, 2.75) is 38.4 Å². The minimum Gasteiger partial charge on any atom is -0.354 e. The fraction of sp³-hybridized carbons (Fsp3) is 0.318. The molecule has 0 saturated carbocycles. The van der Waals surface area contributed by atoms with E-state index >= 15 is 0 Å². The van der Waals surface area contributed by atoms with Crippen LogP contribution in [0, 0.1) is 0 Å². The Bertz CT molecular complexity index is 1060. The maximum Gasteiger partial charge on any atom is 0.255 e. The molecule has 30 heavy (non-hydrogen) atoms. The molecule has 1 saturated heterocycles. The molecule has 4 rings (SSSR count). The molecule has 156 valence electrons. The topological polar surface area (TPSA) is 78.5 Å². The normalized spacial score (nSPS) is 20.7. The number of fused-ring (bicyclic) bond motifs is 1. The van der Waals surface area contributed by atoms with Crippen LogP contribution in [0.5, 0.6) is 0 Å². The van der Waals surface area contributed by atoms with E-state index in [1.54, 1.807) is 23.1 Å². The van der Waals surface area contributed by atoms with Crippen LogP contribution < -0.4 is 10.6 Å². The lowest BCUT2D eigenvalue weighted by Crippen LogP contribution is -2.59. The van der Waals surface area contributed by atoms with Gasteiger partial charge in [-0.15, -0.1) is 0 Å². The zero-order chi connectivity index (χ0) is 21.5. The van der Waals surface area contributed by atoms with Gasteiger partial charge in [0.2, 0.25) is 5.91 Å². The van der Waals surface area contributed by atoms with Crippen LogP contribution in [0.25, 0.3) is 0 Å². The molecule has 2 aliphatic heterocycles. The van der Waals surface area contributed by atoms with E-state index < -0.39 is 5.54 Å². The van der Waals surface area contributed by atoms with Crippen molar-refractivity contribution in [3.8, 4) is 0 Å². The number of benzene rings is 2. The first-order chi connectivity index (χ1) is 14.3. The lowest BCUT2D eigenvalue weighted by atomic mass is 9.89. The Morgan fingerprint density at radius 2 is 1.97 bits per heavy atom. The van der Waals surface area contributed by atoms with Crippen molar-refractivity contribution in [1.82, 2.24) is 15.5 Å². The van der Waals surface area contributed by atoms with E-state index in [1.165, 1.54) is 6.07 Å². The summed E-state index contributed by atoms with van der Waals surface area (Å²) in [4.78, 5) is 39.4. The Morgan fingerprint density at radius 3 is 2.70 bits per heavy atom. The number of nitrogens with zero attached hydrogens (tertiary/aromatic N) is 1.